The maximum atomic E-state index is 12.8. The zero-order valence-corrected chi connectivity index (χ0v) is 17.6. The number of pyridine rings is 1. The molecule has 2 atom stereocenters. The third-order valence-corrected chi connectivity index (χ3v) is 6.53. The number of carbonyl (C=O) groups excluding carboxylic acids is 1. The van der Waals surface area contributed by atoms with Crippen LogP contribution in [0.15, 0.2) is 48.7 Å². The van der Waals surface area contributed by atoms with Gasteiger partial charge in [0, 0.05) is 44.0 Å². The highest BCUT2D eigenvalue weighted by Gasteiger charge is 2.40. The second-order valence-corrected chi connectivity index (χ2v) is 8.26. The molecule has 29 heavy (non-hydrogen) atoms. The quantitative estimate of drug-likeness (QED) is 0.777. The number of piperidine rings is 1. The Kier molecular flexibility index (Phi) is 6.14. The molecule has 2 bridgehead atoms. The van der Waals surface area contributed by atoms with Gasteiger partial charge >= 0.3 is 0 Å². The molecule has 1 aromatic heterocycles. The Balaban J connectivity index is 1.35. The van der Waals surface area contributed by atoms with Gasteiger partial charge in [-0.05, 0) is 57.2 Å². The lowest BCUT2D eigenvalue weighted by Crippen LogP contribution is -2.50. The number of benzene rings is 1. The predicted octanol–water partition coefficient (Wildman–Crippen LogP) is 3.85. The number of nitrogens with one attached hydrogen (secondary N) is 1. The van der Waals surface area contributed by atoms with Crippen LogP contribution in [-0.2, 0) is 6.54 Å². The van der Waals surface area contributed by atoms with Crippen molar-refractivity contribution in [3.63, 3.8) is 0 Å². The Hall–Kier alpha value is -2.40. The third kappa shape index (κ3) is 4.45. The minimum atomic E-state index is 0.00417. The summed E-state index contributed by atoms with van der Waals surface area (Å²) in [7, 11) is 0. The van der Waals surface area contributed by atoms with Gasteiger partial charge in [-0.2, -0.15) is 0 Å². The lowest BCUT2D eigenvalue weighted by atomic mass is 9.96. The van der Waals surface area contributed by atoms with E-state index in [4.69, 9.17) is 0 Å². The van der Waals surface area contributed by atoms with Crippen LogP contribution >= 0.6 is 0 Å². The number of aromatic nitrogens is 1. The number of amides is 1. The summed E-state index contributed by atoms with van der Waals surface area (Å²) in [5, 5.41) is 3.28. The normalized spacial score (nSPS) is 23.7. The topological polar surface area (TPSA) is 48.5 Å². The zero-order valence-electron chi connectivity index (χ0n) is 17.6. The molecular formula is C24H32N4O. The Bertz CT molecular complexity index is 789. The monoisotopic (exact) mass is 392 g/mol. The van der Waals surface area contributed by atoms with Gasteiger partial charge in [0.2, 0.25) is 0 Å². The highest BCUT2D eigenvalue weighted by Crippen LogP contribution is 2.36. The lowest BCUT2D eigenvalue weighted by Gasteiger charge is -2.39. The van der Waals surface area contributed by atoms with E-state index < -0.39 is 0 Å². The summed E-state index contributed by atoms with van der Waals surface area (Å²) in [6.07, 6.45) is 6.27. The van der Waals surface area contributed by atoms with Crippen molar-refractivity contribution in [1.29, 1.82) is 0 Å². The molecule has 2 unspecified atom stereocenters. The first-order chi connectivity index (χ1) is 14.2. The molecule has 2 aliphatic rings. The summed E-state index contributed by atoms with van der Waals surface area (Å²) in [5.74, 6) is 0.934. The van der Waals surface area contributed by atoms with Crippen LogP contribution in [-0.4, -0.2) is 47.0 Å². The van der Waals surface area contributed by atoms with Gasteiger partial charge in [0.15, 0.2) is 0 Å². The van der Waals surface area contributed by atoms with E-state index in [0.717, 1.165) is 38.3 Å². The molecule has 2 saturated heterocycles. The number of nitrogens with zero attached hydrogens (tertiary/aromatic N) is 3. The molecule has 0 aliphatic carbocycles. The van der Waals surface area contributed by atoms with E-state index in [-0.39, 0.29) is 11.9 Å². The van der Waals surface area contributed by atoms with Crippen LogP contribution in [0.4, 0.5) is 5.82 Å². The second kappa shape index (κ2) is 8.95. The van der Waals surface area contributed by atoms with Gasteiger partial charge in [-0.15, -0.1) is 0 Å². The van der Waals surface area contributed by atoms with Crippen molar-refractivity contribution in [2.24, 2.45) is 0 Å². The standard InChI is InChI=1S/C24H32N4O/c1-3-27(4-2)23-13-10-19(16-25-23)24(29)26-20-14-21-11-12-22(15-20)28(21)17-18-8-6-5-7-9-18/h5-10,13,16,20-22H,3-4,11-12,14-15,17H2,1-2H3,(H,26,29). The van der Waals surface area contributed by atoms with E-state index in [2.05, 4.69) is 64.3 Å². The summed E-state index contributed by atoms with van der Waals surface area (Å²) >= 11 is 0. The molecular weight excluding hydrogens is 360 g/mol. The molecule has 1 aromatic carbocycles. The molecule has 0 radical (unpaired) electrons. The smallest absolute Gasteiger partial charge is 0.253 e. The Morgan fingerprint density at radius 3 is 2.34 bits per heavy atom. The number of carbonyl (C=O) groups is 1. The molecule has 2 aliphatic heterocycles. The van der Waals surface area contributed by atoms with Gasteiger partial charge in [0.05, 0.1) is 5.56 Å². The first-order valence-corrected chi connectivity index (χ1v) is 11.0. The van der Waals surface area contributed by atoms with Crippen LogP contribution in [0.3, 0.4) is 0 Å². The fraction of sp³-hybridized carbons (Fsp3) is 0.500. The molecule has 1 amide bonds. The van der Waals surface area contributed by atoms with Crippen molar-refractivity contribution >= 4 is 11.7 Å². The number of fused-ring (bicyclic) bond motifs is 2. The molecule has 154 valence electrons. The van der Waals surface area contributed by atoms with Crippen LogP contribution in [0.5, 0.6) is 0 Å². The predicted molar refractivity (Wildman–Crippen MR) is 117 cm³/mol. The summed E-state index contributed by atoms with van der Waals surface area (Å²) in [6.45, 7) is 7.08. The number of rotatable bonds is 7. The van der Waals surface area contributed by atoms with Crippen molar-refractivity contribution in [2.75, 3.05) is 18.0 Å². The van der Waals surface area contributed by atoms with Crippen LogP contribution < -0.4 is 10.2 Å². The van der Waals surface area contributed by atoms with Crippen molar-refractivity contribution in [3.8, 4) is 0 Å². The maximum Gasteiger partial charge on any atom is 0.253 e. The van der Waals surface area contributed by atoms with Crippen molar-refractivity contribution in [1.82, 2.24) is 15.2 Å². The van der Waals surface area contributed by atoms with E-state index in [1.54, 1.807) is 6.20 Å². The second-order valence-electron chi connectivity index (χ2n) is 8.26. The Morgan fingerprint density at radius 2 is 1.76 bits per heavy atom. The van der Waals surface area contributed by atoms with Crippen molar-refractivity contribution in [3.05, 3.63) is 59.8 Å². The van der Waals surface area contributed by atoms with Crippen LogP contribution in [0, 0.1) is 0 Å². The largest absolute Gasteiger partial charge is 0.357 e. The molecule has 1 N–H and O–H groups in total. The third-order valence-electron chi connectivity index (χ3n) is 6.53. The highest BCUT2D eigenvalue weighted by molar-refractivity contribution is 5.94. The molecule has 0 spiro atoms. The van der Waals surface area contributed by atoms with E-state index in [1.165, 1.54) is 18.4 Å². The maximum absolute atomic E-state index is 12.8. The van der Waals surface area contributed by atoms with Gasteiger partial charge in [0.1, 0.15) is 5.82 Å². The van der Waals surface area contributed by atoms with Gasteiger partial charge in [-0.3, -0.25) is 9.69 Å². The van der Waals surface area contributed by atoms with E-state index in [1.807, 2.05) is 12.1 Å². The summed E-state index contributed by atoms with van der Waals surface area (Å²) in [6, 6.07) is 16.0. The lowest BCUT2D eigenvalue weighted by molar-refractivity contribution is 0.0827. The molecule has 2 fully saturated rings. The van der Waals surface area contributed by atoms with Crippen LogP contribution in [0.2, 0.25) is 0 Å². The van der Waals surface area contributed by atoms with Gasteiger partial charge in [-0.25, -0.2) is 4.98 Å². The Morgan fingerprint density at radius 1 is 1.07 bits per heavy atom. The van der Waals surface area contributed by atoms with Crippen molar-refractivity contribution < 1.29 is 4.79 Å². The number of hydrogen-bond donors (Lipinski definition) is 1. The minimum absolute atomic E-state index is 0.00417. The van der Waals surface area contributed by atoms with E-state index in [0.29, 0.717) is 17.6 Å². The molecule has 5 nitrogen and oxygen atoms in total. The molecule has 3 heterocycles. The van der Waals surface area contributed by atoms with Gasteiger partial charge in [0.25, 0.3) is 5.91 Å². The SMILES string of the molecule is CCN(CC)c1ccc(C(=O)NC2CC3CCC(C2)N3Cc2ccccc2)cn1. The highest BCUT2D eigenvalue weighted by atomic mass is 16.1. The van der Waals surface area contributed by atoms with Gasteiger partial charge in [-0.1, -0.05) is 30.3 Å². The fourth-order valence-electron chi connectivity index (χ4n) is 4.97. The number of anilines is 1. The Labute approximate surface area is 174 Å². The average Bonchev–Trinajstić information content (AvgIpc) is 2.98. The van der Waals surface area contributed by atoms with E-state index in [9.17, 15) is 4.79 Å². The fourth-order valence-corrected chi connectivity index (χ4v) is 4.97. The minimum Gasteiger partial charge on any atom is -0.357 e. The summed E-state index contributed by atoms with van der Waals surface area (Å²) in [4.78, 5) is 22.1. The summed E-state index contributed by atoms with van der Waals surface area (Å²) in [5.41, 5.74) is 2.03. The molecule has 4 rings (SSSR count). The zero-order chi connectivity index (χ0) is 20.2. The molecule has 0 saturated carbocycles. The van der Waals surface area contributed by atoms with Crippen LogP contribution in [0.1, 0.15) is 55.5 Å². The van der Waals surface area contributed by atoms with Gasteiger partial charge < -0.3 is 10.2 Å². The number of hydrogen-bond acceptors (Lipinski definition) is 4. The average molecular weight is 393 g/mol. The summed E-state index contributed by atoms with van der Waals surface area (Å²) < 4.78 is 0. The molecule has 2 aromatic rings. The van der Waals surface area contributed by atoms with Crippen molar-refractivity contribution in [2.45, 2.75) is 64.2 Å². The first kappa shape index (κ1) is 19.9. The first-order valence-electron chi connectivity index (χ1n) is 11.0. The van der Waals surface area contributed by atoms with Crippen LogP contribution in [0.25, 0.3) is 0 Å². The van der Waals surface area contributed by atoms with E-state index >= 15 is 0 Å². The molecule has 5 heteroatoms.